The summed E-state index contributed by atoms with van der Waals surface area (Å²) < 4.78 is 11.9. The van der Waals surface area contributed by atoms with Gasteiger partial charge in [-0.05, 0) is 60.4 Å². The van der Waals surface area contributed by atoms with E-state index in [-0.39, 0.29) is 23.8 Å². The summed E-state index contributed by atoms with van der Waals surface area (Å²) in [5.41, 5.74) is 1.50. The number of anilines is 1. The zero-order valence-electron chi connectivity index (χ0n) is 21.3. The van der Waals surface area contributed by atoms with Crippen LogP contribution < -0.4 is 15.4 Å². The van der Waals surface area contributed by atoms with Crippen molar-refractivity contribution in [1.29, 1.82) is 0 Å². The van der Waals surface area contributed by atoms with Crippen LogP contribution in [-0.4, -0.2) is 24.0 Å². The Balaban J connectivity index is 1.47. The van der Waals surface area contributed by atoms with E-state index in [1.54, 1.807) is 24.3 Å². The van der Waals surface area contributed by atoms with Crippen LogP contribution in [0.25, 0.3) is 0 Å². The van der Waals surface area contributed by atoms with Crippen molar-refractivity contribution >= 4 is 51.2 Å². The molecule has 1 aliphatic rings. The maximum atomic E-state index is 13.4. The van der Waals surface area contributed by atoms with Gasteiger partial charge in [0, 0.05) is 15.2 Å². The molecule has 0 heterocycles. The summed E-state index contributed by atoms with van der Waals surface area (Å²) >= 11 is 9.53. The number of alkyl carbamates (subject to hydrolysis) is 1. The van der Waals surface area contributed by atoms with E-state index in [0.717, 1.165) is 35.7 Å². The highest BCUT2D eigenvalue weighted by Gasteiger charge is 2.29. The van der Waals surface area contributed by atoms with E-state index in [9.17, 15) is 14.4 Å². The van der Waals surface area contributed by atoms with E-state index in [4.69, 9.17) is 21.1 Å². The molecular weight excluding hydrogens is 584 g/mol. The Morgan fingerprint density at radius 2 is 1.67 bits per heavy atom. The molecule has 39 heavy (non-hydrogen) atoms. The fraction of sp³-hybridized carbons (Fsp3) is 0.300. The van der Waals surface area contributed by atoms with E-state index in [1.807, 2.05) is 30.3 Å². The first-order chi connectivity index (χ1) is 18.9. The minimum absolute atomic E-state index is 0.0482. The number of hydrogen-bond acceptors (Lipinski definition) is 5. The molecule has 7 nitrogen and oxygen atoms in total. The van der Waals surface area contributed by atoms with Crippen molar-refractivity contribution < 1.29 is 23.9 Å². The highest BCUT2D eigenvalue weighted by molar-refractivity contribution is 9.10. The Morgan fingerprint density at radius 1 is 0.949 bits per heavy atom. The van der Waals surface area contributed by atoms with Gasteiger partial charge in [0.2, 0.25) is 0 Å². The number of rotatable bonds is 9. The number of carbonyl (C=O) groups excluding carboxylic acids is 3. The fourth-order valence-electron chi connectivity index (χ4n) is 4.56. The molecule has 0 aliphatic heterocycles. The monoisotopic (exact) mass is 612 g/mol. The third-order valence-corrected chi connectivity index (χ3v) is 7.35. The van der Waals surface area contributed by atoms with Crippen molar-refractivity contribution in [3.05, 3.63) is 93.4 Å². The van der Waals surface area contributed by atoms with Crippen LogP contribution in [0.5, 0.6) is 5.75 Å². The Morgan fingerprint density at radius 3 is 2.38 bits per heavy atom. The third-order valence-electron chi connectivity index (χ3n) is 6.58. The molecule has 2 N–H and O–H groups in total. The Kier molecular flexibility index (Phi) is 10.4. The molecule has 1 aliphatic carbocycles. The molecule has 2 amide bonds. The number of benzene rings is 3. The van der Waals surface area contributed by atoms with Crippen LogP contribution in [0.3, 0.4) is 0 Å². The first kappa shape index (κ1) is 28.6. The largest absolute Gasteiger partial charge is 0.445 e. The predicted molar refractivity (Wildman–Crippen MR) is 154 cm³/mol. The lowest BCUT2D eigenvalue weighted by atomic mass is 9.85. The standard InChI is InChI=1S/C30H30BrClN2O5/c31-22-11-14-24(15-12-22)33-28(35)25-18-23(32)13-16-27(25)39-29(36)26(17-20-7-3-1-4-8-20)34-30(37)38-19-21-9-5-2-6-10-21/h2,5-6,9-16,18,20,26H,1,3-4,7-8,17,19H2,(H,33,35)(H,34,37)/t26-/m0/s1. The van der Waals surface area contributed by atoms with Crippen LogP contribution in [0.15, 0.2) is 77.3 Å². The summed E-state index contributed by atoms with van der Waals surface area (Å²) in [5.74, 6) is -0.831. The van der Waals surface area contributed by atoms with Gasteiger partial charge >= 0.3 is 12.1 Å². The molecular formula is C30H30BrClN2O5. The second kappa shape index (κ2) is 14.1. The molecule has 0 unspecified atom stereocenters. The van der Waals surface area contributed by atoms with Gasteiger partial charge in [-0.25, -0.2) is 9.59 Å². The normalized spacial score (nSPS) is 14.2. The van der Waals surface area contributed by atoms with E-state index < -0.39 is 24.0 Å². The number of halogens is 2. The number of ether oxygens (including phenoxy) is 2. The molecule has 204 valence electrons. The molecule has 0 saturated heterocycles. The lowest BCUT2D eigenvalue weighted by Gasteiger charge is -2.26. The number of hydrogen-bond donors (Lipinski definition) is 2. The zero-order chi connectivity index (χ0) is 27.6. The van der Waals surface area contributed by atoms with Gasteiger partial charge in [-0.3, -0.25) is 4.79 Å². The predicted octanol–water partition coefficient (Wildman–Crippen LogP) is 7.53. The van der Waals surface area contributed by atoms with Gasteiger partial charge in [-0.1, -0.05) is 90.0 Å². The van der Waals surface area contributed by atoms with Crippen LogP contribution >= 0.6 is 27.5 Å². The van der Waals surface area contributed by atoms with Crippen LogP contribution in [0, 0.1) is 5.92 Å². The van der Waals surface area contributed by atoms with E-state index in [1.165, 1.54) is 24.6 Å². The average Bonchev–Trinajstić information content (AvgIpc) is 2.95. The van der Waals surface area contributed by atoms with Gasteiger partial charge < -0.3 is 20.1 Å². The molecule has 1 fully saturated rings. The SMILES string of the molecule is O=C(N[C@@H](CC1CCCCC1)C(=O)Oc1ccc(Cl)cc1C(=O)Nc1ccc(Br)cc1)OCc1ccccc1. The topological polar surface area (TPSA) is 93.7 Å². The van der Waals surface area contributed by atoms with Crippen LogP contribution in [-0.2, 0) is 16.1 Å². The molecule has 3 aromatic rings. The highest BCUT2D eigenvalue weighted by Crippen LogP contribution is 2.29. The van der Waals surface area contributed by atoms with Crippen molar-refractivity contribution in [1.82, 2.24) is 5.32 Å². The average molecular weight is 614 g/mol. The molecule has 1 saturated carbocycles. The van der Waals surface area contributed by atoms with Crippen LogP contribution in [0.4, 0.5) is 10.5 Å². The summed E-state index contributed by atoms with van der Waals surface area (Å²) in [6.07, 6.45) is 5.01. The van der Waals surface area contributed by atoms with Gasteiger partial charge in [-0.2, -0.15) is 0 Å². The summed E-state index contributed by atoms with van der Waals surface area (Å²) in [6.45, 7) is 0.0788. The van der Waals surface area contributed by atoms with Crippen molar-refractivity contribution in [3.8, 4) is 5.75 Å². The maximum absolute atomic E-state index is 13.4. The second-order valence-electron chi connectivity index (χ2n) is 9.52. The Labute approximate surface area is 241 Å². The number of nitrogens with one attached hydrogen (secondary N) is 2. The quantitative estimate of drug-likeness (QED) is 0.192. The van der Waals surface area contributed by atoms with Gasteiger partial charge in [0.05, 0.1) is 5.56 Å². The first-order valence-electron chi connectivity index (χ1n) is 12.9. The van der Waals surface area contributed by atoms with Gasteiger partial charge in [0.1, 0.15) is 18.4 Å². The highest BCUT2D eigenvalue weighted by atomic mass is 79.9. The molecule has 0 aromatic heterocycles. The first-order valence-corrected chi connectivity index (χ1v) is 14.1. The molecule has 0 spiro atoms. The zero-order valence-corrected chi connectivity index (χ0v) is 23.7. The van der Waals surface area contributed by atoms with Crippen molar-refractivity contribution in [2.24, 2.45) is 5.92 Å². The van der Waals surface area contributed by atoms with Crippen molar-refractivity contribution in [2.45, 2.75) is 51.2 Å². The second-order valence-corrected chi connectivity index (χ2v) is 10.9. The molecule has 0 bridgehead atoms. The maximum Gasteiger partial charge on any atom is 0.408 e. The molecule has 4 rings (SSSR count). The minimum atomic E-state index is -0.936. The van der Waals surface area contributed by atoms with Gasteiger partial charge in [-0.15, -0.1) is 0 Å². The molecule has 3 aromatic carbocycles. The lowest BCUT2D eigenvalue weighted by molar-refractivity contribution is -0.137. The van der Waals surface area contributed by atoms with E-state index >= 15 is 0 Å². The van der Waals surface area contributed by atoms with E-state index in [0.29, 0.717) is 17.1 Å². The molecule has 1 atom stereocenters. The Hall–Kier alpha value is -3.36. The lowest BCUT2D eigenvalue weighted by Crippen LogP contribution is -2.44. The van der Waals surface area contributed by atoms with Crippen LogP contribution in [0.2, 0.25) is 5.02 Å². The third kappa shape index (κ3) is 8.83. The van der Waals surface area contributed by atoms with Crippen molar-refractivity contribution in [3.63, 3.8) is 0 Å². The summed E-state index contributed by atoms with van der Waals surface area (Å²) in [6, 6.07) is 19.9. The summed E-state index contributed by atoms with van der Waals surface area (Å²) in [4.78, 5) is 39.1. The summed E-state index contributed by atoms with van der Waals surface area (Å²) in [7, 11) is 0. The number of carbonyl (C=O) groups is 3. The van der Waals surface area contributed by atoms with Gasteiger partial charge in [0.25, 0.3) is 5.91 Å². The van der Waals surface area contributed by atoms with Gasteiger partial charge in [0.15, 0.2) is 0 Å². The number of amides is 2. The minimum Gasteiger partial charge on any atom is -0.445 e. The van der Waals surface area contributed by atoms with E-state index in [2.05, 4.69) is 26.6 Å². The number of esters is 1. The van der Waals surface area contributed by atoms with Crippen molar-refractivity contribution in [2.75, 3.05) is 5.32 Å². The smallest absolute Gasteiger partial charge is 0.408 e. The fourth-order valence-corrected chi connectivity index (χ4v) is 4.99. The molecule has 0 radical (unpaired) electrons. The van der Waals surface area contributed by atoms with Crippen LogP contribution in [0.1, 0.15) is 54.4 Å². The summed E-state index contributed by atoms with van der Waals surface area (Å²) in [5, 5.41) is 5.80. The Bertz CT molecular complexity index is 1280. The molecule has 9 heteroatoms.